The number of hydrogen-bond acceptors (Lipinski definition) is 1. The van der Waals surface area contributed by atoms with Crippen molar-refractivity contribution in [1.29, 1.82) is 0 Å². The Morgan fingerprint density at radius 2 is 0.676 bits per heavy atom. The third-order valence-corrected chi connectivity index (χ3v) is 6.17. The Bertz CT molecular complexity index is 1590. The molecule has 4 aromatic rings. The Kier molecular flexibility index (Phi) is 6.59. The Balaban J connectivity index is 2.20. The molecule has 0 amide bonds. The minimum absolute atomic E-state index is 0.148. The van der Waals surface area contributed by atoms with E-state index in [1.165, 1.54) is 0 Å². The molecule has 37 heavy (non-hydrogen) atoms. The van der Waals surface area contributed by atoms with Gasteiger partial charge >= 0.3 is 0 Å². The molecule has 0 aliphatic carbocycles. The van der Waals surface area contributed by atoms with Crippen LogP contribution in [0.25, 0.3) is 33.0 Å². The van der Waals surface area contributed by atoms with Gasteiger partial charge in [-0.3, -0.25) is 0 Å². The summed E-state index contributed by atoms with van der Waals surface area (Å²) >= 11 is 0.454. The molecule has 0 atom stereocenters. The quantitative estimate of drug-likeness (QED) is 0.105. The van der Waals surface area contributed by atoms with E-state index in [1.54, 1.807) is 0 Å². The minimum Gasteiger partial charge on any atom is -0.204 e. The van der Waals surface area contributed by atoms with Gasteiger partial charge in [-0.1, -0.05) is 0 Å². The maximum absolute atomic E-state index is 15.1. The fourth-order valence-corrected chi connectivity index (χ4v) is 4.38. The molecule has 0 N–H and O–H groups in total. The first kappa shape index (κ1) is 26.6. The van der Waals surface area contributed by atoms with E-state index in [1.807, 2.05) is 0 Å². The topological polar surface area (TPSA) is 0 Å². The van der Waals surface area contributed by atoms with Crippen molar-refractivity contribution < 1.29 is 57.1 Å². The van der Waals surface area contributed by atoms with E-state index in [4.69, 9.17) is 0 Å². The second-order valence-corrected chi connectivity index (χ2v) is 8.12. The van der Waals surface area contributed by atoms with Crippen LogP contribution in [0.5, 0.6) is 0 Å². The van der Waals surface area contributed by atoms with E-state index in [-0.39, 0.29) is 6.07 Å². The summed E-state index contributed by atoms with van der Waals surface area (Å²) in [5.74, 6) is -32.1. The second-order valence-electron chi connectivity index (χ2n) is 7.30. The van der Waals surface area contributed by atoms with Gasteiger partial charge in [-0.25, -0.2) is 57.1 Å². The first-order valence-electron chi connectivity index (χ1n) is 9.47. The van der Waals surface area contributed by atoms with Crippen LogP contribution in [0.3, 0.4) is 0 Å². The molecule has 0 fully saturated rings. The van der Waals surface area contributed by atoms with Gasteiger partial charge in [0.1, 0.15) is 0 Å². The summed E-state index contributed by atoms with van der Waals surface area (Å²) in [5.41, 5.74) is -8.50. The number of benzene rings is 4. The molecule has 0 aliphatic rings. The van der Waals surface area contributed by atoms with Crippen LogP contribution in [0, 0.1) is 75.6 Å². The first-order chi connectivity index (χ1) is 17.3. The van der Waals surface area contributed by atoms with Gasteiger partial charge in [0.25, 0.3) is 0 Å². The van der Waals surface area contributed by atoms with E-state index < -0.39 is 114 Å². The van der Waals surface area contributed by atoms with Crippen LogP contribution in [0.15, 0.2) is 17.0 Å². The molecule has 0 aromatic heterocycles. The number of thioether (sulfide) groups is 1. The summed E-state index contributed by atoms with van der Waals surface area (Å²) in [5, 5.41) is -1.65. The lowest BCUT2D eigenvalue weighted by molar-refractivity contribution is 0.379. The van der Waals surface area contributed by atoms with Crippen molar-refractivity contribution in [3.05, 3.63) is 87.8 Å². The van der Waals surface area contributed by atoms with Crippen molar-refractivity contribution in [3.63, 3.8) is 0 Å². The molecule has 0 radical (unpaired) electrons. The molecule has 4 aromatic carbocycles. The van der Waals surface area contributed by atoms with Gasteiger partial charge in [-0.05, 0) is 23.8 Å². The van der Waals surface area contributed by atoms with E-state index >= 15 is 8.78 Å². The molecule has 0 heterocycles. The Hall–Kier alpha value is -3.42. The molecule has 0 aliphatic heterocycles. The average Bonchev–Trinajstić information content (AvgIpc) is 2.86. The lowest BCUT2D eigenvalue weighted by Crippen LogP contribution is -2.10. The van der Waals surface area contributed by atoms with Crippen molar-refractivity contribution in [2.75, 3.05) is 6.26 Å². The number of hydrogen-bond donors (Lipinski definition) is 0. The van der Waals surface area contributed by atoms with Crippen molar-refractivity contribution >= 4 is 22.5 Å². The van der Waals surface area contributed by atoms with Crippen LogP contribution in [0.1, 0.15) is 0 Å². The summed E-state index contributed by atoms with van der Waals surface area (Å²) in [7, 11) is 0. The fourth-order valence-electron chi connectivity index (χ4n) is 3.73. The van der Waals surface area contributed by atoms with Crippen LogP contribution in [-0.4, -0.2) is 6.26 Å². The molecular weight excluding hydrogens is 555 g/mol. The molecule has 0 bridgehead atoms. The molecule has 0 spiro atoms. The normalized spacial score (nSPS) is 11.6. The minimum atomic E-state index is -2.79. The van der Waals surface area contributed by atoms with E-state index in [9.17, 15) is 48.3 Å². The molecule has 0 saturated carbocycles. The molecular formula is C23H5F13S. The van der Waals surface area contributed by atoms with Crippen LogP contribution in [0.2, 0.25) is 0 Å². The van der Waals surface area contributed by atoms with Crippen LogP contribution in [-0.2, 0) is 0 Å². The summed E-state index contributed by atoms with van der Waals surface area (Å²) < 4.78 is 186. The number of rotatable bonds is 3. The van der Waals surface area contributed by atoms with Gasteiger partial charge in [0.05, 0.1) is 21.6 Å². The summed E-state index contributed by atoms with van der Waals surface area (Å²) in [4.78, 5) is -0.685. The highest BCUT2D eigenvalue weighted by atomic mass is 32.2. The third kappa shape index (κ3) is 3.71. The van der Waals surface area contributed by atoms with Gasteiger partial charge in [0.2, 0.25) is 5.82 Å². The lowest BCUT2D eigenvalue weighted by atomic mass is 9.92. The Morgan fingerprint density at radius 3 is 1.08 bits per heavy atom. The van der Waals surface area contributed by atoms with Gasteiger partial charge in [0, 0.05) is 10.9 Å². The summed E-state index contributed by atoms with van der Waals surface area (Å²) in [6.45, 7) is 0. The zero-order valence-electron chi connectivity index (χ0n) is 17.5. The van der Waals surface area contributed by atoms with Gasteiger partial charge < -0.3 is 0 Å². The monoisotopic (exact) mass is 560 g/mol. The maximum Gasteiger partial charge on any atom is 0.200 e. The maximum atomic E-state index is 15.1. The highest BCUT2D eigenvalue weighted by Crippen LogP contribution is 2.45. The number of halogens is 13. The molecule has 14 heteroatoms. The Labute approximate surface area is 201 Å². The molecule has 0 saturated heterocycles. The largest absolute Gasteiger partial charge is 0.204 e. The van der Waals surface area contributed by atoms with Gasteiger partial charge in [-0.15, -0.1) is 11.8 Å². The number of fused-ring (bicyclic) bond motifs is 1. The van der Waals surface area contributed by atoms with Gasteiger partial charge in [-0.2, -0.15) is 0 Å². The molecule has 0 unspecified atom stereocenters. The van der Waals surface area contributed by atoms with Crippen molar-refractivity contribution in [2.24, 2.45) is 0 Å². The van der Waals surface area contributed by atoms with Crippen LogP contribution >= 0.6 is 11.8 Å². The average molecular weight is 560 g/mol. The highest BCUT2D eigenvalue weighted by Gasteiger charge is 2.36. The lowest BCUT2D eigenvalue weighted by Gasteiger charge is -2.18. The van der Waals surface area contributed by atoms with Crippen LogP contribution < -0.4 is 0 Å². The van der Waals surface area contributed by atoms with Crippen LogP contribution in [0.4, 0.5) is 57.1 Å². The summed E-state index contributed by atoms with van der Waals surface area (Å²) in [6, 6.07) is 0.461. The predicted molar refractivity (Wildman–Crippen MR) is 106 cm³/mol. The first-order valence-corrected chi connectivity index (χ1v) is 10.7. The third-order valence-electron chi connectivity index (χ3n) is 5.36. The van der Waals surface area contributed by atoms with E-state index in [0.29, 0.717) is 17.8 Å². The van der Waals surface area contributed by atoms with Gasteiger partial charge in [0.15, 0.2) is 69.8 Å². The Morgan fingerprint density at radius 1 is 0.378 bits per heavy atom. The SMILES string of the molecule is CSc1c(F)c(F)c(-c2c(F)c(F)c(-c3c(F)c(F)c(F)c(F)c3F)c(F)c2F)c2cc(F)c(F)cc12. The molecule has 4 rings (SSSR count). The van der Waals surface area contributed by atoms with Crippen molar-refractivity contribution in [1.82, 2.24) is 0 Å². The molecule has 194 valence electrons. The standard InChI is InChI=1S/C23H5F13S/c1-37-23-5-3-7(25)6(24)2-4(5)8(12(26)22(23)36)9-13(27)15(29)10(16(30)14(9)28)11-17(31)19(33)21(35)20(34)18(11)32/h2-3H,1H3. The van der Waals surface area contributed by atoms with E-state index in [2.05, 4.69) is 0 Å². The van der Waals surface area contributed by atoms with Crippen molar-refractivity contribution in [3.8, 4) is 22.3 Å². The highest BCUT2D eigenvalue weighted by molar-refractivity contribution is 7.98. The fraction of sp³-hybridized carbons (Fsp3) is 0.0435. The van der Waals surface area contributed by atoms with Crippen molar-refractivity contribution in [2.45, 2.75) is 4.90 Å². The summed E-state index contributed by atoms with van der Waals surface area (Å²) in [6.07, 6.45) is 1.16. The zero-order valence-corrected chi connectivity index (χ0v) is 18.3. The second kappa shape index (κ2) is 9.15. The van der Waals surface area contributed by atoms with E-state index in [0.717, 1.165) is 6.26 Å². The molecule has 0 nitrogen and oxygen atoms in total. The smallest absolute Gasteiger partial charge is 0.200 e. The zero-order chi connectivity index (χ0) is 27.7. The predicted octanol–water partition coefficient (Wildman–Crippen LogP) is 8.70.